The lowest BCUT2D eigenvalue weighted by Gasteiger charge is -2.31. The molecule has 1 aromatic rings. The first-order chi connectivity index (χ1) is 7.33. The van der Waals surface area contributed by atoms with E-state index in [1.807, 2.05) is 6.92 Å². The van der Waals surface area contributed by atoms with Crippen molar-refractivity contribution in [3.63, 3.8) is 0 Å². The smallest absolute Gasteiger partial charge is 0.405 e. The summed E-state index contributed by atoms with van der Waals surface area (Å²) in [7, 11) is 0. The van der Waals surface area contributed by atoms with Crippen LogP contribution in [0.25, 0.3) is 0 Å². The van der Waals surface area contributed by atoms with Crippen molar-refractivity contribution in [1.82, 2.24) is 0 Å². The van der Waals surface area contributed by atoms with Gasteiger partial charge in [0.1, 0.15) is 11.4 Å². The number of aromatic hydroxyl groups is 1. The minimum atomic E-state index is -0.782. The summed E-state index contributed by atoms with van der Waals surface area (Å²) in [5, 5.41) is 9.18. The number of carbonyl (C=O) groups is 1. The van der Waals surface area contributed by atoms with Gasteiger partial charge in [0.15, 0.2) is 0 Å². The highest BCUT2D eigenvalue weighted by molar-refractivity contribution is 5.65. The number of benzene rings is 1. The summed E-state index contributed by atoms with van der Waals surface area (Å²) in [4.78, 5) is 10.8. The van der Waals surface area contributed by atoms with E-state index in [4.69, 9.17) is 10.5 Å². The first kappa shape index (κ1) is 12.4. The van der Waals surface area contributed by atoms with Crippen molar-refractivity contribution in [1.29, 1.82) is 0 Å². The molecule has 0 aliphatic heterocycles. The van der Waals surface area contributed by atoms with Gasteiger partial charge in [0, 0.05) is 5.92 Å². The van der Waals surface area contributed by atoms with E-state index in [9.17, 15) is 9.90 Å². The molecule has 0 saturated heterocycles. The highest BCUT2D eigenvalue weighted by Gasteiger charge is 2.30. The maximum atomic E-state index is 10.8. The number of phenols is 1. The van der Waals surface area contributed by atoms with Crippen molar-refractivity contribution < 1.29 is 14.6 Å². The quantitative estimate of drug-likeness (QED) is 0.826. The van der Waals surface area contributed by atoms with Gasteiger partial charge in [0.05, 0.1) is 0 Å². The monoisotopic (exact) mass is 223 g/mol. The highest BCUT2D eigenvalue weighted by atomic mass is 16.6. The van der Waals surface area contributed by atoms with Gasteiger partial charge >= 0.3 is 6.09 Å². The Balaban J connectivity index is 2.88. The van der Waals surface area contributed by atoms with Crippen molar-refractivity contribution in [3.8, 4) is 5.75 Å². The molecule has 0 bridgehead atoms. The van der Waals surface area contributed by atoms with Gasteiger partial charge in [-0.2, -0.15) is 0 Å². The molecule has 0 heterocycles. The SMILES string of the molecule is CC(c1ccc(O)cc1)C(C)(C)OC(N)=O. The second-order valence-electron chi connectivity index (χ2n) is 4.34. The average Bonchev–Trinajstić information content (AvgIpc) is 2.16. The Morgan fingerprint density at radius 2 is 1.88 bits per heavy atom. The molecule has 1 atom stereocenters. The van der Waals surface area contributed by atoms with Crippen LogP contribution < -0.4 is 5.73 Å². The molecule has 1 unspecified atom stereocenters. The average molecular weight is 223 g/mol. The fourth-order valence-electron chi connectivity index (χ4n) is 1.51. The molecular formula is C12H17NO3. The fraction of sp³-hybridized carbons (Fsp3) is 0.417. The molecule has 88 valence electrons. The Hall–Kier alpha value is -1.71. The zero-order valence-corrected chi connectivity index (χ0v) is 9.73. The molecule has 0 aromatic heterocycles. The van der Waals surface area contributed by atoms with Crippen LogP contribution in [0.15, 0.2) is 24.3 Å². The van der Waals surface area contributed by atoms with Crippen LogP contribution in [0.1, 0.15) is 32.3 Å². The van der Waals surface area contributed by atoms with Crippen molar-refractivity contribution in [2.24, 2.45) is 5.73 Å². The maximum absolute atomic E-state index is 10.8. The largest absolute Gasteiger partial charge is 0.508 e. The Labute approximate surface area is 95.0 Å². The standard InChI is InChI=1S/C12H17NO3/c1-8(12(2,3)16-11(13)15)9-4-6-10(14)7-5-9/h4-8,14H,1-3H3,(H2,13,15). The number of carbonyl (C=O) groups excluding carboxylic acids is 1. The second kappa shape index (κ2) is 4.43. The summed E-state index contributed by atoms with van der Waals surface area (Å²) >= 11 is 0. The summed E-state index contributed by atoms with van der Waals surface area (Å²) < 4.78 is 5.06. The lowest BCUT2D eigenvalue weighted by atomic mass is 9.86. The number of rotatable bonds is 3. The van der Waals surface area contributed by atoms with Crippen LogP contribution >= 0.6 is 0 Å². The van der Waals surface area contributed by atoms with Gasteiger partial charge in [0.2, 0.25) is 0 Å². The van der Waals surface area contributed by atoms with E-state index in [0.717, 1.165) is 5.56 Å². The lowest BCUT2D eigenvalue weighted by Crippen LogP contribution is -2.35. The van der Waals surface area contributed by atoms with E-state index in [2.05, 4.69) is 0 Å². The summed E-state index contributed by atoms with van der Waals surface area (Å²) in [6, 6.07) is 6.80. The second-order valence-corrected chi connectivity index (χ2v) is 4.34. The summed E-state index contributed by atoms with van der Waals surface area (Å²) in [6.45, 7) is 5.54. The van der Waals surface area contributed by atoms with Gasteiger partial charge in [0.25, 0.3) is 0 Å². The molecule has 4 heteroatoms. The molecule has 0 saturated carbocycles. The number of hydrogen-bond donors (Lipinski definition) is 2. The third kappa shape index (κ3) is 2.89. The van der Waals surface area contributed by atoms with Crippen molar-refractivity contribution in [2.45, 2.75) is 32.3 Å². The molecule has 1 rings (SSSR count). The van der Waals surface area contributed by atoms with Crippen LogP contribution in [-0.2, 0) is 4.74 Å². The minimum absolute atomic E-state index is 0.0133. The first-order valence-corrected chi connectivity index (χ1v) is 5.10. The van der Waals surface area contributed by atoms with Crippen molar-refractivity contribution in [2.75, 3.05) is 0 Å². The summed E-state index contributed by atoms with van der Waals surface area (Å²) in [5.74, 6) is 0.199. The van der Waals surface area contributed by atoms with E-state index in [1.54, 1.807) is 38.1 Å². The molecule has 0 aliphatic rings. The zero-order chi connectivity index (χ0) is 12.3. The third-order valence-electron chi connectivity index (χ3n) is 2.80. The Morgan fingerprint density at radius 3 is 2.31 bits per heavy atom. The Bertz CT molecular complexity index is 370. The van der Waals surface area contributed by atoms with Gasteiger partial charge in [-0.1, -0.05) is 19.1 Å². The highest BCUT2D eigenvalue weighted by Crippen LogP contribution is 2.31. The molecule has 3 N–H and O–H groups in total. The van der Waals surface area contributed by atoms with E-state index < -0.39 is 11.7 Å². The molecule has 1 aromatic carbocycles. The molecule has 4 nitrogen and oxygen atoms in total. The molecule has 0 aliphatic carbocycles. The van der Waals surface area contributed by atoms with E-state index in [1.165, 1.54) is 0 Å². The first-order valence-electron chi connectivity index (χ1n) is 5.10. The third-order valence-corrected chi connectivity index (χ3v) is 2.80. The van der Waals surface area contributed by atoms with Gasteiger partial charge in [-0.25, -0.2) is 4.79 Å². The number of ether oxygens (including phenoxy) is 1. The zero-order valence-electron chi connectivity index (χ0n) is 9.73. The normalized spacial score (nSPS) is 13.2. The van der Waals surface area contributed by atoms with Crippen LogP contribution in [0, 0.1) is 0 Å². The number of primary amides is 1. The maximum Gasteiger partial charge on any atom is 0.405 e. The Morgan fingerprint density at radius 1 is 1.38 bits per heavy atom. The summed E-state index contributed by atoms with van der Waals surface area (Å²) in [6.07, 6.45) is -0.782. The number of phenolic OH excluding ortho intramolecular Hbond substituents is 1. The minimum Gasteiger partial charge on any atom is -0.508 e. The molecule has 0 fully saturated rings. The lowest BCUT2D eigenvalue weighted by molar-refractivity contribution is 0.0281. The van der Waals surface area contributed by atoms with Gasteiger partial charge < -0.3 is 15.6 Å². The van der Waals surface area contributed by atoms with E-state index >= 15 is 0 Å². The van der Waals surface area contributed by atoms with Crippen LogP contribution in [0.4, 0.5) is 4.79 Å². The van der Waals surface area contributed by atoms with Crippen LogP contribution in [-0.4, -0.2) is 16.8 Å². The summed E-state index contributed by atoms with van der Waals surface area (Å²) in [5.41, 5.74) is 5.32. The fourth-order valence-corrected chi connectivity index (χ4v) is 1.51. The van der Waals surface area contributed by atoms with Gasteiger partial charge in [-0.05, 0) is 31.5 Å². The number of hydrogen-bond acceptors (Lipinski definition) is 3. The van der Waals surface area contributed by atoms with Crippen molar-refractivity contribution in [3.05, 3.63) is 29.8 Å². The van der Waals surface area contributed by atoms with Crippen molar-refractivity contribution >= 4 is 6.09 Å². The molecule has 0 spiro atoms. The molecule has 16 heavy (non-hydrogen) atoms. The predicted molar refractivity (Wildman–Crippen MR) is 61.3 cm³/mol. The van der Waals surface area contributed by atoms with Gasteiger partial charge in [-0.3, -0.25) is 0 Å². The van der Waals surface area contributed by atoms with Crippen LogP contribution in [0.5, 0.6) is 5.75 Å². The number of amides is 1. The molecule has 1 amide bonds. The molecular weight excluding hydrogens is 206 g/mol. The van der Waals surface area contributed by atoms with E-state index in [-0.39, 0.29) is 11.7 Å². The number of nitrogens with two attached hydrogens (primary N) is 1. The molecule has 0 radical (unpaired) electrons. The van der Waals surface area contributed by atoms with Crippen LogP contribution in [0.2, 0.25) is 0 Å². The van der Waals surface area contributed by atoms with Crippen LogP contribution in [0.3, 0.4) is 0 Å². The Kier molecular flexibility index (Phi) is 3.42. The van der Waals surface area contributed by atoms with Gasteiger partial charge in [-0.15, -0.1) is 0 Å². The van der Waals surface area contributed by atoms with E-state index in [0.29, 0.717) is 0 Å². The topological polar surface area (TPSA) is 72.6 Å². The predicted octanol–water partition coefficient (Wildman–Crippen LogP) is 2.37.